The van der Waals surface area contributed by atoms with Gasteiger partial charge in [0.2, 0.25) is 0 Å². The Kier molecular flexibility index (Phi) is 7.07. The van der Waals surface area contributed by atoms with Crippen LogP contribution in [0, 0.1) is 0 Å². The molecule has 0 aliphatic carbocycles. The molecule has 5 nitrogen and oxygen atoms in total. The highest BCUT2D eigenvalue weighted by atomic mass is 35.5. The van der Waals surface area contributed by atoms with Crippen LogP contribution >= 0.6 is 12.4 Å². The molecule has 1 aliphatic rings. The second kappa shape index (κ2) is 9.72. The van der Waals surface area contributed by atoms with Crippen molar-refractivity contribution < 1.29 is 4.74 Å². The molecule has 0 bridgehead atoms. The SMILES string of the molecule is C=CCn1nc(-c2ccc(OC)cc2)nc1-c1cccc(CN2CCCC2)c1.Cl. The number of nitrogens with zero attached hydrogens (tertiary/aromatic N) is 4. The fraction of sp³-hybridized carbons (Fsp3) is 0.304. The fourth-order valence-corrected chi connectivity index (χ4v) is 3.68. The highest BCUT2D eigenvalue weighted by molar-refractivity contribution is 5.85. The summed E-state index contributed by atoms with van der Waals surface area (Å²) in [7, 11) is 1.67. The normalized spacial score (nSPS) is 13.8. The van der Waals surface area contributed by atoms with E-state index in [4.69, 9.17) is 14.8 Å². The fourth-order valence-electron chi connectivity index (χ4n) is 3.68. The Morgan fingerprint density at radius 1 is 1.07 bits per heavy atom. The summed E-state index contributed by atoms with van der Waals surface area (Å²) in [6, 6.07) is 16.5. The molecule has 0 unspecified atom stereocenters. The van der Waals surface area contributed by atoms with Crippen molar-refractivity contribution in [3.63, 3.8) is 0 Å². The van der Waals surface area contributed by atoms with Crippen LogP contribution in [0.2, 0.25) is 0 Å². The van der Waals surface area contributed by atoms with Crippen LogP contribution in [0.4, 0.5) is 0 Å². The molecule has 0 saturated carbocycles. The Bertz CT molecular complexity index is 946. The molecule has 0 amide bonds. The van der Waals surface area contributed by atoms with E-state index in [1.54, 1.807) is 7.11 Å². The zero-order valence-electron chi connectivity index (χ0n) is 16.8. The number of likely N-dealkylation sites (tertiary alicyclic amines) is 1. The highest BCUT2D eigenvalue weighted by Crippen LogP contribution is 2.25. The quantitative estimate of drug-likeness (QED) is 0.523. The molecule has 0 spiro atoms. The molecule has 1 aliphatic heterocycles. The molecular weight excluding hydrogens is 384 g/mol. The second-order valence-electron chi connectivity index (χ2n) is 7.14. The summed E-state index contributed by atoms with van der Waals surface area (Å²) in [6.07, 6.45) is 4.46. The van der Waals surface area contributed by atoms with Crippen LogP contribution in [-0.4, -0.2) is 39.9 Å². The van der Waals surface area contributed by atoms with Gasteiger partial charge in [-0.3, -0.25) is 4.90 Å². The molecule has 2 aromatic carbocycles. The van der Waals surface area contributed by atoms with Crippen LogP contribution in [0.3, 0.4) is 0 Å². The molecule has 3 aromatic rings. The average Bonchev–Trinajstić information content (AvgIpc) is 3.39. The van der Waals surface area contributed by atoms with Crippen molar-refractivity contribution in [2.45, 2.75) is 25.9 Å². The van der Waals surface area contributed by atoms with Crippen LogP contribution in [-0.2, 0) is 13.1 Å². The van der Waals surface area contributed by atoms with Crippen LogP contribution in [0.5, 0.6) is 5.75 Å². The third kappa shape index (κ3) is 4.86. The number of ether oxygens (including phenoxy) is 1. The summed E-state index contributed by atoms with van der Waals surface area (Å²) in [5.74, 6) is 2.41. The minimum atomic E-state index is 0. The lowest BCUT2D eigenvalue weighted by Gasteiger charge is -2.15. The van der Waals surface area contributed by atoms with Gasteiger partial charge >= 0.3 is 0 Å². The first-order valence-corrected chi connectivity index (χ1v) is 9.78. The van der Waals surface area contributed by atoms with Gasteiger partial charge in [0.05, 0.1) is 13.7 Å². The smallest absolute Gasteiger partial charge is 0.181 e. The molecule has 1 aromatic heterocycles. The van der Waals surface area contributed by atoms with Gasteiger partial charge in [-0.2, -0.15) is 5.10 Å². The number of allylic oxidation sites excluding steroid dienone is 1. The van der Waals surface area contributed by atoms with E-state index in [1.807, 2.05) is 35.0 Å². The lowest BCUT2D eigenvalue weighted by atomic mass is 10.1. The van der Waals surface area contributed by atoms with Crippen molar-refractivity contribution in [2.24, 2.45) is 0 Å². The van der Waals surface area contributed by atoms with Crippen molar-refractivity contribution in [1.82, 2.24) is 19.7 Å². The maximum atomic E-state index is 5.25. The molecular formula is C23H27ClN4O. The van der Waals surface area contributed by atoms with Crippen LogP contribution in [0.1, 0.15) is 18.4 Å². The third-order valence-corrected chi connectivity index (χ3v) is 5.11. The van der Waals surface area contributed by atoms with E-state index in [0.29, 0.717) is 12.4 Å². The molecule has 29 heavy (non-hydrogen) atoms. The summed E-state index contributed by atoms with van der Waals surface area (Å²) >= 11 is 0. The van der Waals surface area contributed by atoms with Gasteiger partial charge in [-0.05, 0) is 61.8 Å². The number of aromatic nitrogens is 3. The summed E-state index contributed by atoms with van der Waals surface area (Å²) in [5.41, 5.74) is 3.38. The van der Waals surface area contributed by atoms with Gasteiger partial charge in [0, 0.05) is 17.7 Å². The number of rotatable bonds is 7. The number of hydrogen-bond acceptors (Lipinski definition) is 4. The maximum absolute atomic E-state index is 5.25. The van der Waals surface area contributed by atoms with Crippen LogP contribution in [0.25, 0.3) is 22.8 Å². The monoisotopic (exact) mass is 410 g/mol. The number of methoxy groups -OCH3 is 1. The molecule has 2 heterocycles. The molecule has 1 saturated heterocycles. The Morgan fingerprint density at radius 2 is 1.83 bits per heavy atom. The minimum absolute atomic E-state index is 0. The standard InChI is InChI=1S/C23H26N4O.ClH/c1-3-13-27-23(24-22(25-27)19-9-11-21(28-2)12-10-19)20-8-6-7-18(16-20)17-26-14-4-5-15-26;/h3,6-12,16H,1,4-5,13-15,17H2,2H3;1H. The van der Waals surface area contributed by atoms with Crippen molar-refractivity contribution >= 4 is 12.4 Å². The predicted molar refractivity (Wildman–Crippen MR) is 119 cm³/mol. The Balaban J connectivity index is 0.00000240. The van der Waals surface area contributed by atoms with Crippen molar-refractivity contribution in [1.29, 1.82) is 0 Å². The van der Waals surface area contributed by atoms with Gasteiger partial charge in [-0.25, -0.2) is 9.67 Å². The molecule has 0 atom stereocenters. The van der Waals surface area contributed by atoms with Crippen molar-refractivity contribution in [3.05, 3.63) is 66.7 Å². The molecule has 1 fully saturated rings. The Labute approximate surface area is 178 Å². The summed E-state index contributed by atoms with van der Waals surface area (Å²) in [5, 5.41) is 4.72. The van der Waals surface area contributed by atoms with Gasteiger partial charge in [0.25, 0.3) is 0 Å². The summed E-state index contributed by atoms with van der Waals surface area (Å²) in [6.45, 7) is 7.87. The highest BCUT2D eigenvalue weighted by Gasteiger charge is 2.15. The van der Waals surface area contributed by atoms with Crippen molar-refractivity contribution in [2.75, 3.05) is 20.2 Å². The first-order valence-electron chi connectivity index (χ1n) is 9.78. The molecule has 152 valence electrons. The molecule has 0 radical (unpaired) electrons. The van der Waals surface area contributed by atoms with E-state index in [1.165, 1.54) is 31.5 Å². The first-order chi connectivity index (χ1) is 13.8. The number of benzene rings is 2. The van der Waals surface area contributed by atoms with Gasteiger partial charge < -0.3 is 4.74 Å². The lowest BCUT2D eigenvalue weighted by molar-refractivity contribution is 0.331. The topological polar surface area (TPSA) is 43.2 Å². The number of halogens is 1. The van der Waals surface area contributed by atoms with E-state index >= 15 is 0 Å². The Hall–Kier alpha value is -2.63. The number of hydrogen-bond donors (Lipinski definition) is 0. The molecule has 0 N–H and O–H groups in total. The maximum Gasteiger partial charge on any atom is 0.181 e. The average molecular weight is 411 g/mol. The van der Waals surface area contributed by atoms with Gasteiger partial charge in [0.15, 0.2) is 11.6 Å². The molecule has 6 heteroatoms. The summed E-state index contributed by atoms with van der Waals surface area (Å²) in [4.78, 5) is 7.36. The van der Waals surface area contributed by atoms with E-state index < -0.39 is 0 Å². The van der Waals surface area contributed by atoms with Gasteiger partial charge in [0.1, 0.15) is 5.75 Å². The first kappa shape index (κ1) is 21.1. The zero-order valence-corrected chi connectivity index (χ0v) is 17.6. The van der Waals surface area contributed by atoms with Crippen LogP contribution in [0.15, 0.2) is 61.2 Å². The van der Waals surface area contributed by atoms with E-state index in [2.05, 4.69) is 35.7 Å². The van der Waals surface area contributed by atoms with Gasteiger partial charge in [-0.1, -0.05) is 24.3 Å². The third-order valence-electron chi connectivity index (χ3n) is 5.11. The minimum Gasteiger partial charge on any atom is -0.497 e. The van der Waals surface area contributed by atoms with Crippen molar-refractivity contribution in [3.8, 4) is 28.5 Å². The second-order valence-corrected chi connectivity index (χ2v) is 7.14. The Morgan fingerprint density at radius 3 is 2.52 bits per heavy atom. The predicted octanol–water partition coefficient (Wildman–Crippen LogP) is 4.82. The molecule has 4 rings (SSSR count). The van der Waals surface area contributed by atoms with Crippen LogP contribution < -0.4 is 4.74 Å². The van der Waals surface area contributed by atoms with Gasteiger partial charge in [-0.15, -0.1) is 19.0 Å². The largest absolute Gasteiger partial charge is 0.497 e. The lowest BCUT2D eigenvalue weighted by Crippen LogP contribution is -2.18. The summed E-state index contributed by atoms with van der Waals surface area (Å²) < 4.78 is 7.16. The van der Waals surface area contributed by atoms with E-state index in [0.717, 1.165) is 29.2 Å². The van der Waals surface area contributed by atoms with E-state index in [9.17, 15) is 0 Å². The van der Waals surface area contributed by atoms with E-state index in [-0.39, 0.29) is 12.4 Å². The zero-order chi connectivity index (χ0) is 19.3.